The Balaban J connectivity index is 1.76. The highest BCUT2D eigenvalue weighted by Gasteiger charge is 2.27. The van der Waals surface area contributed by atoms with Crippen molar-refractivity contribution in [2.24, 2.45) is 0 Å². The number of benzene rings is 1. The monoisotopic (exact) mass is 346 g/mol. The first-order valence-corrected chi connectivity index (χ1v) is 9.81. The van der Waals surface area contributed by atoms with Crippen molar-refractivity contribution in [1.29, 1.82) is 0 Å². The average Bonchev–Trinajstić information content (AvgIpc) is 2.52. The van der Waals surface area contributed by atoms with Crippen LogP contribution in [0.4, 0.5) is 13.2 Å². The molecule has 132 valence electrons. The summed E-state index contributed by atoms with van der Waals surface area (Å²) < 4.78 is 35.8. The molecule has 0 spiro atoms. The summed E-state index contributed by atoms with van der Waals surface area (Å²) in [7, 11) is 0. The van der Waals surface area contributed by atoms with E-state index in [9.17, 15) is 13.2 Å². The molecule has 0 amide bonds. The number of unbranched alkanes of at least 4 members (excludes halogenated alkanes) is 9. The zero-order valence-electron chi connectivity index (χ0n) is 13.9. The first-order chi connectivity index (χ1) is 11.1. The van der Waals surface area contributed by atoms with Crippen LogP contribution in [0, 0.1) is 0 Å². The van der Waals surface area contributed by atoms with E-state index in [-0.39, 0.29) is 17.5 Å². The summed E-state index contributed by atoms with van der Waals surface area (Å²) in [5.74, 6) is 0.213. The van der Waals surface area contributed by atoms with Crippen molar-refractivity contribution >= 4 is 11.8 Å². The number of alkyl halides is 3. The number of halogens is 3. The minimum atomic E-state index is -4.06. The van der Waals surface area contributed by atoms with Gasteiger partial charge in [0.2, 0.25) is 0 Å². The van der Waals surface area contributed by atoms with Gasteiger partial charge in [-0.3, -0.25) is 0 Å². The van der Waals surface area contributed by atoms with E-state index < -0.39 is 5.51 Å². The van der Waals surface area contributed by atoms with Crippen molar-refractivity contribution in [2.75, 3.05) is 5.75 Å². The molecule has 0 unspecified atom stereocenters. The first kappa shape index (κ1) is 20.4. The molecule has 0 bridgehead atoms. The molecule has 0 heterocycles. The fourth-order valence-electron chi connectivity index (χ4n) is 2.68. The molecule has 0 radical (unpaired) electrons. The Kier molecular flexibility index (Phi) is 11.3. The molecule has 4 heteroatoms. The van der Waals surface area contributed by atoms with Crippen LogP contribution in [0.15, 0.2) is 30.3 Å². The molecule has 1 aromatic carbocycles. The molecular formula is C19H29F3S. The second-order valence-corrected chi connectivity index (χ2v) is 7.23. The quantitative estimate of drug-likeness (QED) is 0.336. The summed E-state index contributed by atoms with van der Waals surface area (Å²) in [4.78, 5) is 0. The van der Waals surface area contributed by atoms with Gasteiger partial charge in [0.05, 0.1) is 0 Å². The second-order valence-electron chi connectivity index (χ2n) is 6.07. The van der Waals surface area contributed by atoms with E-state index in [1.54, 1.807) is 0 Å². The van der Waals surface area contributed by atoms with Gasteiger partial charge >= 0.3 is 5.51 Å². The average molecular weight is 347 g/mol. The van der Waals surface area contributed by atoms with E-state index in [1.165, 1.54) is 56.9 Å². The maximum Gasteiger partial charge on any atom is 0.441 e. The molecule has 0 aromatic heterocycles. The van der Waals surface area contributed by atoms with Crippen LogP contribution in [0.25, 0.3) is 0 Å². The SMILES string of the molecule is FC(F)(F)SCCCCCCCCCCCCc1ccccc1. The summed E-state index contributed by atoms with van der Waals surface area (Å²) in [6, 6.07) is 10.6. The highest BCUT2D eigenvalue weighted by atomic mass is 32.2. The normalized spacial score (nSPS) is 11.8. The lowest BCUT2D eigenvalue weighted by molar-refractivity contribution is -0.0328. The Morgan fingerprint density at radius 3 is 1.65 bits per heavy atom. The predicted molar refractivity (Wildman–Crippen MR) is 94.8 cm³/mol. The van der Waals surface area contributed by atoms with Gasteiger partial charge in [0.25, 0.3) is 0 Å². The summed E-state index contributed by atoms with van der Waals surface area (Å²) >= 11 is 0.111. The van der Waals surface area contributed by atoms with Gasteiger partial charge in [-0.25, -0.2) is 0 Å². The fraction of sp³-hybridized carbons (Fsp3) is 0.684. The third-order valence-electron chi connectivity index (χ3n) is 3.97. The molecule has 1 aromatic rings. The smallest absolute Gasteiger partial charge is 0.160 e. The molecule has 0 fully saturated rings. The lowest BCUT2D eigenvalue weighted by atomic mass is 10.0. The van der Waals surface area contributed by atoms with Crippen molar-refractivity contribution < 1.29 is 13.2 Å². The lowest BCUT2D eigenvalue weighted by Gasteiger charge is -2.05. The van der Waals surface area contributed by atoms with E-state index in [2.05, 4.69) is 30.3 Å². The fourth-order valence-corrected chi connectivity index (χ4v) is 3.26. The predicted octanol–water partition coefficient (Wildman–Crippen LogP) is 7.38. The molecule has 1 rings (SSSR count). The number of aryl methyl sites for hydroxylation is 1. The molecule has 0 aliphatic carbocycles. The highest BCUT2D eigenvalue weighted by Crippen LogP contribution is 2.30. The molecule has 0 saturated heterocycles. The zero-order valence-corrected chi connectivity index (χ0v) is 14.7. The van der Waals surface area contributed by atoms with Gasteiger partial charge < -0.3 is 0 Å². The molecule has 23 heavy (non-hydrogen) atoms. The lowest BCUT2D eigenvalue weighted by Crippen LogP contribution is -2.01. The Bertz CT molecular complexity index is 376. The highest BCUT2D eigenvalue weighted by molar-refractivity contribution is 8.00. The molecule has 0 N–H and O–H groups in total. The Morgan fingerprint density at radius 1 is 0.652 bits per heavy atom. The largest absolute Gasteiger partial charge is 0.441 e. The zero-order chi connectivity index (χ0) is 16.8. The molecular weight excluding hydrogens is 317 g/mol. The van der Waals surface area contributed by atoms with E-state index in [1.807, 2.05) is 0 Å². The van der Waals surface area contributed by atoms with Crippen LogP contribution < -0.4 is 0 Å². The van der Waals surface area contributed by atoms with E-state index in [4.69, 9.17) is 0 Å². The van der Waals surface area contributed by atoms with Crippen molar-refractivity contribution in [2.45, 2.75) is 76.1 Å². The summed E-state index contributed by atoms with van der Waals surface area (Å²) in [5, 5.41) is 0. The molecule has 0 saturated carbocycles. The number of hydrogen-bond donors (Lipinski definition) is 0. The third-order valence-corrected chi connectivity index (χ3v) is 4.79. The summed E-state index contributed by atoms with van der Waals surface area (Å²) in [6.45, 7) is 0. The van der Waals surface area contributed by atoms with E-state index in [0.29, 0.717) is 6.42 Å². The Hall–Kier alpha value is -0.640. The molecule has 0 aliphatic heterocycles. The van der Waals surface area contributed by atoms with Crippen molar-refractivity contribution in [3.05, 3.63) is 35.9 Å². The van der Waals surface area contributed by atoms with Crippen molar-refractivity contribution in [3.8, 4) is 0 Å². The summed E-state index contributed by atoms with van der Waals surface area (Å²) in [6.07, 6.45) is 12.7. The van der Waals surface area contributed by atoms with Gasteiger partial charge in [-0.2, -0.15) is 13.2 Å². The maximum absolute atomic E-state index is 11.9. The van der Waals surface area contributed by atoms with Crippen LogP contribution >= 0.6 is 11.8 Å². The minimum absolute atomic E-state index is 0.111. The molecule has 0 atom stereocenters. The third kappa shape index (κ3) is 13.5. The Labute approximate surface area is 143 Å². The van der Waals surface area contributed by atoms with Crippen LogP contribution in [0.1, 0.15) is 69.8 Å². The Morgan fingerprint density at radius 2 is 1.13 bits per heavy atom. The van der Waals surface area contributed by atoms with Gasteiger partial charge in [0.15, 0.2) is 0 Å². The van der Waals surface area contributed by atoms with Crippen LogP contribution in [-0.4, -0.2) is 11.3 Å². The van der Waals surface area contributed by atoms with Gasteiger partial charge in [-0.05, 0) is 24.8 Å². The van der Waals surface area contributed by atoms with Crippen LogP contribution in [-0.2, 0) is 6.42 Å². The van der Waals surface area contributed by atoms with Gasteiger partial charge in [-0.15, -0.1) is 0 Å². The van der Waals surface area contributed by atoms with Gasteiger partial charge in [0.1, 0.15) is 0 Å². The number of rotatable bonds is 13. The molecule has 0 nitrogen and oxygen atoms in total. The number of hydrogen-bond acceptors (Lipinski definition) is 1. The first-order valence-electron chi connectivity index (χ1n) is 8.82. The van der Waals surface area contributed by atoms with Crippen molar-refractivity contribution in [3.63, 3.8) is 0 Å². The van der Waals surface area contributed by atoms with E-state index in [0.717, 1.165) is 12.8 Å². The van der Waals surface area contributed by atoms with Gasteiger partial charge in [-0.1, -0.05) is 93.5 Å². The van der Waals surface area contributed by atoms with Gasteiger partial charge in [0, 0.05) is 5.75 Å². The minimum Gasteiger partial charge on any atom is -0.160 e. The van der Waals surface area contributed by atoms with Crippen LogP contribution in [0.5, 0.6) is 0 Å². The standard InChI is InChI=1S/C19H29F3S/c20-19(21,22)23-17-13-8-6-4-2-1-3-5-7-10-14-18-15-11-9-12-16-18/h9,11-12,15-16H,1-8,10,13-14,17H2. The number of thioether (sulfide) groups is 1. The maximum atomic E-state index is 11.9. The van der Waals surface area contributed by atoms with Crippen LogP contribution in [0.2, 0.25) is 0 Å². The van der Waals surface area contributed by atoms with E-state index >= 15 is 0 Å². The van der Waals surface area contributed by atoms with Crippen molar-refractivity contribution in [1.82, 2.24) is 0 Å². The van der Waals surface area contributed by atoms with Crippen LogP contribution in [0.3, 0.4) is 0 Å². The topological polar surface area (TPSA) is 0 Å². The second kappa shape index (κ2) is 12.7. The summed E-state index contributed by atoms with van der Waals surface area (Å²) in [5.41, 5.74) is -2.63. The molecule has 0 aliphatic rings.